The molecule has 0 aromatic carbocycles. The lowest BCUT2D eigenvalue weighted by Gasteiger charge is -2.00. The van der Waals surface area contributed by atoms with Crippen molar-refractivity contribution in [2.75, 3.05) is 0 Å². The summed E-state index contributed by atoms with van der Waals surface area (Å²) in [5, 5.41) is 19.2. The van der Waals surface area contributed by atoms with E-state index in [1.165, 1.54) is 32.1 Å². The predicted molar refractivity (Wildman–Crippen MR) is 66.2 cm³/mol. The Hall–Kier alpha value is -1.06. The molecule has 0 saturated heterocycles. The molecule has 0 rings (SSSR count). The summed E-state index contributed by atoms with van der Waals surface area (Å²) >= 11 is 0. The number of hydrogen-bond acceptors (Lipinski definition) is 3. The van der Waals surface area contributed by atoms with Gasteiger partial charge in [-0.1, -0.05) is 44.7 Å². The molecule has 0 aliphatic heterocycles. The molecule has 0 unspecified atom stereocenters. The highest BCUT2D eigenvalue weighted by Gasteiger charge is 1.96. The van der Waals surface area contributed by atoms with Crippen molar-refractivity contribution in [2.24, 2.45) is 5.16 Å². The van der Waals surface area contributed by atoms with Gasteiger partial charge in [-0.2, -0.15) is 0 Å². The Morgan fingerprint density at radius 2 is 1.62 bits per heavy atom. The van der Waals surface area contributed by atoms with Gasteiger partial charge in [0.15, 0.2) is 0 Å². The number of oxime groups is 1. The third kappa shape index (κ3) is 18.7. The Morgan fingerprint density at radius 3 is 2.00 bits per heavy atom. The normalized spacial score (nSPS) is 10.6. The molecule has 0 amide bonds. The van der Waals surface area contributed by atoms with E-state index in [1.807, 2.05) is 6.92 Å². The molecule has 0 aromatic rings. The van der Waals surface area contributed by atoms with E-state index >= 15 is 0 Å². The Balaban J connectivity index is 0. The number of carboxylic acid groups (broad SMARTS) is 1. The highest BCUT2D eigenvalue weighted by atomic mass is 16.4. The highest BCUT2D eigenvalue weighted by Crippen LogP contribution is 2.06. The van der Waals surface area contributed by atoms with Crippen LogP contribution in [0.1, 0.15) is 65.7 Å². The van der Waals surface area contributed by atoms with Crippen LogP contribution in [0.15, 0.2) is 5.16 Å². The van der Waals surface area contributed by atoms with Gasteiger partial charge in [0.1, 0.15) is 0 Å². The molecular formula is C12H25NO3. The minimum absolute atomic E-state index is 0.833. The fourth-order valence-corrected chi connectivity index (χ4v) is 1.23. The third-order valence-corrected chi connectivity index (χ3v) is 2.12. The van der Waals surface area contributed by atoms with Gasteiger partial charge < -0.3 is 10.3 Å². The van der Waals surface area contributed by atoms with Crippen LogP contribution < -0.4 is 0 Å². The Morgan fingerprint density at radius 1 is 1.12 bits per heavy atom. The zero-order chi connectivity index (χ0) is 12.8. The molecule has 96 valence electrons. The van der Waals surface area contributed by atoms with Crippen LogP contribution in [0.3, 0.4) is 0 Å². The minimum Gasteiger partial charge on any atom is -0.481 e. The lowest BCUT2D eigenvalue weighted by Crippen LogP contribution is -1.95. The summed E-state index contributed by atoms with van der Waals surface area (Å²) in [4.78, 5) is 9.00. The van der Waals surface area contributed by atoms with Crippen molar-refractivity contribution < 1.29 is 15.1 Å². The summed E-state index contributed by atoms with van der Waals surface area (Å²) in [6.07, 6.45) is 8.23. The van der Waals surface area contributed by atoms with Crippen LogP contribution in [-0.4, -0.2) is 22.0 Å². The van der Waals surface area contributed by atoms with Gasteiger partial charge >= 0.3 is 0 Å². The third-order valence-electron chi connectivity index (χ3n) is 2.12. The first kappa shape index (κ1) is 17.3. The highest BCUT2D eigenvalue weighted by molar-refractivity contribution is 5.83. The van der Waals surface area contributed by atoms with Crippen molar-refractivity contribution >= 4 is 11.7 Å². The molecule has 0 aliphatic rings. The van der Waals surface area contributed by atoms with E-state index in [0.29, 0.717) is 0 Å². The van der Waals surface area contributed by atoms with E-state index in [4.69, 9.17) is 15.1 Å². The average molecular weight is 231 g/mol. The van der Waals surface area contributed by atoms with Crippen molar-refractivity contribution in [3.63, 3.8) is 0 Å². The van der Waals surface area contributed by atoms with Crippen molar-refractivity contribution in [2.45, 2.75) is 65.7 Å². The van der Waals surface area contributed by atoms with Crippen LogP contribution in [0.25, 0.3) is 0 Å². The van der Waals surface area contributed by atoms with Gasteiger partial charge in [0, 0.05) is 6.92 Å². The number of unbranched alkanes of at least 4 members (excludes halogenated alkanes) is 4. The molecule has 4 heteroatoms. The quantitative estimate of drug-likeness (QED) is 0.304. The molecule has 0 atom stereocenters. The lowest BCUT2D eigenvalue weighted by molar-refractivity contribution is -0.134. The van der Waals surface area contributed by atoms with Gasteiger partial charge in [-0.15, -0.1) is 0 Å². The fourth-order valence-electron chi connectivity index (χ4n) is 1.23. The molecule has 0 radical (unpaired) electrons. The van der Waals surface area contributed by atoms with Crippen molar-refractivity contribution in [3.8, 4) is 0 Å². The van der Waals surface area contributed by atoms with Crippen LogP contribution in [0, 0.1) is 0 Å². The predicted octanol–water partition coefficient (Wildman–Crippen LogP) is 3.68. The second-order valence-corrected chi connectivity index (χ2v) is 3.70. The lowest BCUT2D eigenvalue weighted by atomic mass is 10.1. The number of hydrogen-bond donors (Lipinski definition) is 2. The van der Waals surface area contributed by atoms with E-state index in [2.05, 4.69) is 12.1 Å². The number of aliphatic carboxylic acids is 1. The van der Waals surface area contributed by atoms with Crippen LogP contribution in [0.5, 0.6) is 0 Å². The maximum Gasteiger partial charge on any atom is 0.300 e. The van der Waals surface area contributed by atoms with Crippen LogP contribution >= 0.6 is 0 Å². The topological polar surface area (TPSA) is 69.9 Å². The fraction of sp³-hybridized carbons (Fsp3) is 0.833. The van der Waals surface area contributed by atoms with Gasteiger partial charge in [-0.25, -0.2) is 0 Å². The van der Waals surface area contributed by atoms with Gasteiger partial charge in [-0.05, 0) is 19.3 Å². The van der Waals surface area contributed by atoms with E-state index in [0.717, 1.165) is 25.5 Å². The number of carboxylic acids is 1. The maximum absolute atomic E-state index is 9.00. The van der Waals surface area contributed by atoms with Crippen LogP contribution in [0.2, 0.25) is 0 Å². The summed E-state index contributed by atoms with van der Waals surface area (Å²) in [7, 11) is 0. The summed E-state index contributed by atoms with van der Waals surface area (Å²) in [5.41, 5.74) is 0.937. The zero-order valence-electron chi connectivity index (χ0n) is 10.7. The first-order valence-electron chi connectivity index (χ1n) is 5.97. The Labute approximate surface area is 98.4 Å². The Kier molecular flexibility index (Phi) is 15.1. The molecule has 0 aliphatic carbocycles. The zero-order valence-corrected chi connectivity index (χ0v) is 10.7. The van der Waals surface area contributed by atoms with E-state index in [1.54, 1.807) is 0 Å². The molecule has 0 spiro atoms. The summed E-state index contributed by atoms with van der Waals surface area (Å²) < 4.78 is 0. The smallest absolute Gasteiger partial charge is 0.300 e. The second kappa shape index (κ2) is 13.9. The first-order valence-corrected chi connectivity index (χ1v) is 5.97. The van der Waals surface area contributed by atoms with Crippen molar-refractivity contribution in [1.82, 2.24) is 0 Å². The summed E-state index contributed by atoms with van der Waals surface area (Å²) in [5.74, 6) is -0.833. The molecule has 2 N–H and O–H groups in total. The first-order chi connectivity index (χ1) is 7.58. The van der Waals surface area contributed by atoms with Crippen molar-refractivity contribution in [1.29, 1.82) is 0 Å². The number of nitrogens with zero attached hydrogens (tertiary/aromatic N) is 1. The number of carbonyl (C=O) groups is 1. The van der Waals surface area contributed by atoms with Gasteiger partial charge in [0.05, 0.1) is 5.71 Å². The van der Waals surface area contributed by atoms with Crippen molar-refractivity contribution in [3.05, 3.63) is 0 Å². The largest absolute Gasteiger partial charge is 0.481 e. The molecule has 0 saturated carbocycles. The molecule has 0 heterocycles. The van der Waals surface area contributed by atoms with Gasteiger partial charge in [0.25, 0.3) is 5.97 Å². The molecular weight excluding hydrogens is 206 g/mol. The summed E-state index contributed by atoms with van der Waals surface area (Å²) in [6, 6.07) is 0. The monoisotopic (exact) mass is 231 g/mol. The maximum atomic E-state index is 9.00. The van der Waals surface area contributed by atoms with Crippen LogP contribution in [-0.2, 0) is 4.79 Å². The second-order valence-electron chi connectivity index (χ2n) is 3.70. The van der Waals surface area contributed by atoms with E-state index in [9.17, 15) is 0 Å². The standard InChI is InChI=1S/C10H21NO.C2H4O2/c1-3-5-6-7-8-9-10(4-2)11-12;1-2(3)4/h12H,3-9H2,1-2H3;1H3,(H,3,4). The molecule has 0 bridgehead atoms. The average Bonchev–Trinajstić information content (AvgIpc) is 2.23. The molecule has 0 fully saturated rings. The van der Waals surface area contributed by atoms with Gasteiger partial charge in [-0.3, -0.25) is 4.79 Å². The Bertz CT molecular complexity index is 187. The van der Waals surface area contributed by atoms with Gasteiger partial charge in [0.2, 0.25) is 0 Å². The summed E-state index contributed by atoms with van der Waals surface area (Å²) in [6.45, 7) is 5.33. The van der Waals surface area contributed by atoms with Crippen LogP contribution in [0.4, 0.5) is 0 Å². The molecule has 16 heavy (non-hydrogen) atoms. The molecule has 4 nitrogen and oxygen atoms in total. The van der Waals surface area contributed by atoms with E-state index < -0.39 is 5.97 Å². The molecule has 0 aromatic heterocycles. The number of rotatable bonds is 7. The van der Waals surface area contributed by atoms with E-state index in [-0.39, 0.29) is 0 Å². The SMILES string of the molecule is CC(=O)O.CCCCCCCC(CC)=NO. The minimum atomic E-state index is -0.833.